The molecule has 1 aliphatic rings. The maximum absolute atomic E-state index is 12.6. The fraction of sp³-hybridized carbons (Fsp3) is 0.235. The van der Waals surface area contributed by atoms with Crippen molar-refractivity contribution in [3.8, 4) is 11.5 Å². The van der Waals surface area contributed by atoms with Gasteiger partial charge in [-0.2, -0.15) is 8.75 Å². The SMILES string of the molecule is O=C(CCS(=O)(=O)c1cccc2nsnc12)Nc1ccc2c(c1)OCCO2. The van der Waals surface area contributed by atoms with Crippen molar-refractivity contribution in [1.82, 2.24) is 8.75 Å². The molecule has 2 heterocycles. The van der Waals surface area contributed by atoms with Gasteiger partial charge in [-0.05, 0) is 24.3 Å². The number of carbonyl (C=O) groups is 1. The van der Waals surface area contributed by atoms with E-state index in [1.165, 1.54) is 6.07 Å². The number of nitrogens with one attached hydrogen (secondary N) is 1. The van der Waals surface area contributed by atoms with E-state index >= 15 is 0 Å². The van der Waals surface area contributed by atoms with Crippen molar-refractivity contribution in [1.29, 1.82) is 0 Å². The number of amides is 1. The molecule has 140 valence electrons. The fourth-order valence-electron chi connectivity index (χ4n) is 2.71. The molecule has 4 rings (SSSR count). The number of hydrogen-bond donors (Lipinski definition) is 1. The molecule has 27 heavy (non-hydrogen) atoms. The van der Waals surface area contributed by atoms with Gasteiger partial charge in [0.15, 0.2) is 21.3 Å². The van der Waals surface area contributed by atoms with Gasteiger partial charge in [-0.25, -0.2) is 8.42 Å². The number of anilines is 1. The van der Waals surface area contributed by atoms with Crippen LogP contribution in [0.4, 0.5) is 5.69 Å². The average Bonchev–Trinajstić information content (AvgIpc) is 3.15. The summed E-state index contributed by atoms with van der Waals surface area (Å²) in [5.74, 6) is 0.444. The van der Waals surface area contributed by atoms with E-state index in [0.29, 0.717) is 41.4 Å². The van der Waals surface area contributed by atoms with Crippen LogP contribution in [0.1, 0.15) is 6.42 Å². The number of nitrogens with zero attached hydrogens (tertiary/aromatic N) is 2. The highest BCUT2D eigenvalue weighted by molar-refractivity contribution is 7.91. The first-order valence-electron chi connectivity index (χ1n) is 8.16. The van der Waals surface area contributed by atoms with Gasteiger partial charge >= 0.3 is 0 Å². The molecule has 0 saturated heterocycles. The van der Waals surface area contributed by atoms with Gasteiger partial charge in [0.2, 0.25) is 5.91 Å². The Bertz CT molecular complexity index is 1110. The number of carbonyl (C=O) groups excluding carboxylic acids is 1. The van der Waals surface area contributed by atoms with Crippen molar-refractivity contribution in [3.63, 3.8) is 0 Å². The van der Waals surface area contributed by atoms with Crippen LogP contribution in [0.2, 0.25) is 0 Å². The van der Waals surface area contributed by atoms with Gasteiger partial charge in [0.05, 0.1) is 22.4 Å². The lowest BCUT2D eigenvalue weighted by molar-refractivity contribution is -0.115. The minimum absolute atomic E-state index is 0.0980. The summed E-state index contributed by atoms with van der Waals surface area (Å²) in [4.78, 5) is 12.3. The lowest BCUT2D eigenvalue weighted by atomic mass is 10.2. The zero-order valence-corrected chi connectivity index (χ0v) is 15.7. The number of sulfone groups is 1. The summed E-state index contributed by atoms with van der Waals surface area (Å²) in [7, 11) is -3.66. The normalized spacial score (nSPS) is 13.5. The molecule has 0 spiro atoms. The molecule has 1 aliphatic heterocycles. The second-order valence-electron chi connectivity index (χ2n) is 5.86. The Labute approximate surface area is 159 Å². The van der Waals surface area contributed by atoms with Gasteiger partial charge in [-0.15, -0.1) is 0 Å². The molecule has 0 saturated carbocycles. The first-order chi connectivity index (χ1) is 13.0. The quantitative estimate of drug-likeness (QED) is 0.694. The summed E-state index contributed by atoms with van der Waals surface area (Å²) >= 11 is 0.955. The number of benzene rings is 2. The van der Waals surface area contributed by atoms with Crippen LogP contribution < -0.4 is 14.8 Å². The first kappa shape index (κ1) is 17.7. The van der Waals surface area contributed by atoms with E-state index in [2.05, 4.69) is 14.1 Å². The van der Waals surface area contributed by atoms with Gasteiger partial charge in [0.1, 0.15) is 24.2 Å². The van der Waals surface area contributed by atoms with Crippen LogP contribution in [0.3, 0.4) is 0 Å². The van der Waals surface area contributed by atoms with Gasteiger partial charge in [-0.1, -0.05) is 6.07 Å². The Kier molecular flexibility index (Phi) is 4.66. The van der Waals surface area contributed by atoms with Crippen LogP contribution in [-0.4, -0.2) is 42.0 Å². The second-order valence-corrected chi connectivity index (χ2v) is 8.47. The van der Waals surface area contributed by atoms with Crippen LogP contribution in [0.15, 0.2) is 41.3 Å². The van der Waals surface area contributed by atoms with Gasteiger partial charge in [0, 0.05) is 18.2 Å². The third kappa shape index (κ3) is 3.71. The van der Waals surface area contributed by atoms with Gasteiger partial charge in [-0.3, -0.25) is 4.79 Å². The Morgan fingerprint density at radius 2 is 1.93 bits per heavy atom. The monoisotopic (exact) mass is 405 g/mol. The van der Waals surface area contributed by atoms with Crippen LogP contribution in [0.25, 0.3) is 11.0 Å². The second kappa shape index (κ2) is 7.12. The minimum Gasteiger partial charge on any atom is -0.486 e. The Morgan fingerprint density at radius 1 is 1.11 bits per heavy atom. The predicted molar refractivity (Wildman–Crippen MR) is 100 cm³/mol. The van der Waals surface area contributed by atoms with E-state index in [-0.39, 0.29) is 17.1 Å². The molecule has 0 radical (unpaired) electrons. The highest BCUT2D eigenvalue weighted by Gasteiger charge is 2.21. The number of hydrogen-bond acceptors (Lipinski definition) is 8. The summed E-state index contributed by atoms with van der Waals surface area (Å²) in [5.41, 5.74) is 1.39. The van der Waals surface area contributed by atoms with Crippen molar-refractivity contribution in [2.45, 2.75) is 11.3 Å². The summed E-state index contributed by atoms with van der Waals surface area (Å²) < 4.78 is 44.2. The molecule has 10 heteroatoms. The van der Waals surface area contributed by atoms with E-state index < -0.39 is 15.7 Å². The van der Waals surface area contributed by atoms with Gasteiger partial charge < -0.3 is 14.8 Å². The van der Waals surface area contributed by atoms with Crippen molar-refractivity contribution in [2.24, 2.45) is 0 Å². The maximum Gasteiger partial charge on any atom is 0.225 e. The average molecular weight is 405 g/mol. The third-order valence-electron chi connectivity index (χ3n) is 4.01. The molecule has 8 nitrogen and oxygen atoms in total. The highest BCUT2D eigenvalue weighted by Crippen LogP contribution is 2.32. The van der Waals surface area contributed by atoms with Crippen LogP contribution in [-0.2, 0) is 14.6 Å². The van der Waals surface area contributed by atoms with Gasteiger partial charge in [0.25, 0.3) is 0 Å². The molecule has 0 unspecified atom stereocenters. The van der Waals surface area contributed by atoms with E-state index in [0.717, 1.165) is 11.7 Å². The molecule has 2 aromatic carbocycles. The van der Waals surface area contributed by atoms with Crippen molar-refractivity contribution >= 4 is 44.2 Å². The van der Waals surface area contributed by atoms with E-state index in [9.17, 15) is 13.2 Å². The molecule has 3 aromatic rings. The lowest BCUT2D eigenvalue weighted by Crippen LogP contribution is -2.18. The summed E-state index contributed by atoms with van der Waals surface area (Å²) in [6.45, 7) is 0.928. The molecule has 1 N–H and O–H groups in total. The van der Waals surface area contributed by atoms with Crippen LogP contribution >= 0.6 is 11.7 Å². The Morgan fingerprint density at radius 3 is 2.78 bits per heavy atom. The van der Waals surface area contributed by atoms with E-state index in [1.54, 1.807) is 30.3 Å². The highest BCUT2D eigenvalue weighted by atomic mass is 32.2. The molecule has 1 amide bonds. The van der Waals surface area contributed by atoms with Crippen LogP contribution in [0.5, 0.6) is 11.5 Å². The molecule has 0 fully saturated rings. The Balaban J connectivity index is 1.43. The zero-order chi connectivity index (χ0) is 18.9. The molecule has 0 aliphatic carbocycles. The third-order valence-corrected chi connectivity index (χ3v) is 6.29. The standard InChI is InChI=1S/C17H15N3O5S2/c21-16(18-11-4-5-13-14(10-11)25-8-7-24-13)6-9-27(22,23)15-3-1-2-12-17(15)20-26-19-12/h1-5,10H,6-9H2,(H,18,21). The van der Waals surface area contributed by atoms with Crippen LogP contribution in [0, 0.1) is 0 Å². The molecule has 0 bridgehead atoms. The predicted octanol–water partition coefficient (Wildman–Crippen LogP) is 2.27. The summed E-state index contributed by atoms with van der Waals surface area (Å²) in [5, 5.41) is 2.68. The van der Waals surface area contributed by atoms with Crippen molar-refractivity contribution in [3.05, 3.63) is 36.4 Å². The summed E-state index contributed by atoms with van der Waals surface area (Å²) in [6, 6.07) is 9.84. The van der Waals surface area contributed by atoms with Crippen molar-refractivity contribution < 1.29 is 22.7 Å². The summed E-state index contributed by atoms with van der Waals surface area (Å²) in [6.07, 6.45) is -0.176. The number of aromatic nitrogens is 2. The van der Waals surface area contributed by atoms with E-state index in [1.807, 2.05) is 0 Å². The molecule has 0 atom stereocenters. The largest absolute Gasteiger partial charge is 0.486 e. The number of rotatable bonds is 5. The zero-order valence-electron chi connectivity index (χ0n) is 14.0. The fourth-order valence-corrected chi connectivity index (χ4v) is 4.73. The smallest absolute Gasteiger partial charge is 0.225 e. The lowest BCUT2D eigenvalue weighted by Gasteiger charge is -2.19. The number of fused-ring (bicyclic) bond motifs is 2. The molecule has 1 aromatic heterocycles. The first-order valence-corrected chi connectivity index (χ1v) is 10.5. The minimum atomic E-state index is -3.66. The molecular formula is C17H15N3O5S2. The Hall–Kier alpha value is -2.72. The topological polar surface area (TPSA) is 107 Å². The molecular weight excluding hydrogens is 390 g/mol. The van der Waals surface area contributed by atoms with E-state index in [4.69, 9.17) is 9.47 Å². The maximum atomic E-state index is 12.6. The van der Waals surface area contributed by atoms with Crippen molar-refractivity contribution in [2.75, 3.05) is 24.3 Å². The number of ether oxygens (including phenoxy) is 2.